The maximum Gasteiger partial charge on any atom is 0.331 e. The minimum atomic E-state index is -0.266. The standard InChI is InChI=1S/C16H15NO2S/c18-15-9-8-13(19-15)16(14-7-4-10-20-14)17-11-12-5-2-1-3-6-12/h1-10,13,16-17H,11H2. The van der Waals surface area contributed by atoms with Gasteiger partial charge in [0.05, 0.1) is 6.04 Å². The minimum absolute atomic E-state index is 0.00194. The van der Waals surface area contributed by atoms with E-state index in [4.69, 9.17) is 4.74 Å². The van der Waals surface area contributed by atoms with E-state index >= 15 is 0 Å². The Hall–Kier alpha value is -1.91. The highest BCUT2D eigenvalue weighted by Crippen LogP contribution is 2.27. The number of carbonyl (C=O) groups excluding carboxylic acids is 1. The van der Waals surface area contributed by atoms with Crippen molar-refractivity contribution in [2.45, 2.75) is 18.7 Å². The lowest BCUT2D eigenvalue weighted by Crippen LogP contribution is -2.31. The number of rotatable bonds is 5. The van der Waals surface area contributed by atoms with Gasteiger partial charge in [0.15, 0.2) is 0 Å². The fraction of sp³-hybridized carbons (Fsp3) is 0.188. The van der Waals surface area contributed by atoms with E-state index in [1.165, 1.54) is 16.5 Å². The van der Waals surface area contributed by atoms with Crippen LogP contribution in [0.25, 0.3) is 0 Å². The third-order valence-electron chi connectivity index (χ3n) is 3.22. The summed E-state index contributed by atoms with van der Waals surface area (Å²) >= 11 is 1.67. The predicted octanol–water partition coefficient (Wildman–Crippen LogP) is 3.06. The molecule has 0 amide bonds. The van der Waals surface area contributed by atoms with Crippen LogP contribution in [0.15, 0.2) is 60.0 Å². The van der Waals surface area contributed by atoms with Gasteiger partial charge in [0.25, 0.3) is 0 Å². The summed E-state index contributed by atoms with van der Waals surface area (Å²) in [5.74, 6) is -0.266. The van der Waals surface area contributed by atoms with Gasteiger partial charge in [-0.25, -0.2) is 4.79 Å². The highest BCUT2D eigenvalue weighted by atomic mass is 32.1. The van der Waals surface area contributed by atoms with Gasteiger partial charge in [-0.05, 0) is 23.1 Å². The summed E-state index contributed by atoms with van der Waals surface area (Å²) in [6, 6.07) is 14.3. The van der Waals surface area contributed by atoms with Crippen molar-refractivity contribution in [3.05, 3.63) is 70.4 Å². The lowest BCUT2D eigenvalue weighted by molar-refractivity contribution is -0.139. The SMILES string of the molecule is O=C1C=CC(C(NCc2ccccc2)c2cccs2)O1. The lowest BCUT2D eigenvalue weighted by Gasteiger charge is -2.22. The zero-order valence-corrected chi connectivity index (χ0v) is 11.7. The molecule has 2 unspecified atom stereocenters. The van der Waals surface area contributed by atoms with Crippen molar-refractivity contribution in [3.8, 4) is 0 Å². The molecule has 20 heavy (non-hydrogen) atoms. The zero-order valence-electron chi connectivity index (χ0n) is 10.9. The zero-order chi connectivity index (χ0) is 13.8. The van der Waals surface area contributed by atoms with Crippen molar-refractivity contribution in [2.75, 3.05) is 0 Å². The molecule has 3 rings (SSSR count). The van der Waals surface area contributed by atoms with Crippen LogP contribution in [0.4, 0.5) is 0 Å². The number of benzene rings is 1. The Morgan fingerprint density at radius 2 is 2.05 bits per heavy atom. The molecule has 0 bridgehead atoms. The maximum atomic E-state index is 11.3. The summed E-state index contributed by atoms with van der Waals surface area (Å²) in [5, 5.41) is 5.52. The van der Waals surface area contributed by atoms with Gasteiger partial charge in [-0.15, -0.1) is 11.3 Å². The molecule has 4 heteroatoms. The van der Waals surface area contributed by atoms with Gasteiger partial charge in [-0.2, -0.15) is 0 Å². The van der Waals surface area contributed by atoms with E-state index in [-0.39, 0.29) is 18.1 Å². The normalized spacial score (nSPS) is 19.0. The summed E-state index contributed by atoms with van der Waals surface area (Å²) < 4.78 is 5.33. The first-order chi connectivity index (χ1) is 9.83. The maximum absolute atomic E-state index is 11.3. The molecule has 2 atom stereocenters. The topological polar surface area (TPSA) is 38.3 Å². The minimum Gasteiger partial charge on any atom is -0.453 e. The molecule has 1 aromatic carbocycles. The summed E-state index contributed by atoms with van der Waals surface area (Å²) in [6.07, 6.45) is 3.09. The number of nitrogens with one attached hydrogen (secondary N) is 1. The molecule has 0 saturated carbocycles. The summed E-state index contributed by atoms with van der Waals surface area (Å²) in [7, 11) is 0. The summed E-state index contributed by atoms with van der Waals surface area (Å²) in [6.45, 7) is 0.741. The van der Waals surface area contributed by atoms with Crippen LogP contribution < -0.4 is 5.32 Å². The van der Waals surface area contributed by atoms with E-state index in [0.29, 0.717) is 0 Å². The van der Waals surface area contributed by atoms with Crippen molar-refractivity contribution in [1.29, 1.82) is 0 Å². The van der Waals surface area contributed by atoms with Crippen molar-refractivity contribution in [3.63, 3.8) is 0 Å². The molecular weight excluding hydrogens is 270 g/mol. The fourth-order valence-corrected chi connectivity index (χ4v) is 3.07. The predicted molar refractivity (Wildman–Crippen MR) is 79.4 cm³/mol. The van der Waals surface area contributed by atoms with Crippen molar-refractivity contribution in [2.24, 2.45) is 0 Å². The van der Waals surface area contributed by atoms with Crippen LogP contribution in [0.3, 0.4) is 0 Å². The Morgan fingerprint density at radius 1 is 1.20 bits per heavy atom. The van der Waals surface area contributed by atoms with E-state index in [1.807, 2.05) is 35.7 Å². The van der Waals surface area contributed by atoms with Crippen LogP contribution in [-0.2, 0) is 16.1 Å². The molecule has 1 aromatic heterocycles. The van der Waals surface area contributed by atoms with Gasteiger partial charge in [0, 0.05) is 17.5 Å². The number of ether oxygens (including phenoxy) is 1. The second-order valence-corrected chi connectivity index (χ2v) is 5.60. The Kier molecular flexibility index (Phi) is 3.95. The smallest absolute Gasteiger partial charge is 0.331 e. The molecule has 2 heterocycles. The van der Waals surface area contributed by atoms with E-state index in [9.17, 15) is 4.79 Å². The van der Waals surface area contributed by atoms with Crippen molar-refractivity contribution >= 4 is 17.3 Å². The molecule has 1 aliphatic rings. The molecule has 0 fully saturated rings. The van der Waals surface area contributed by atoms with Gasteiger partial charge >= 0.3 is 5.97 Å². The highest BCUT2D eigenvalue weighted by molar-refractivity contribution is 7.10. The van der Waals surface area contributed by atoms with Crippen LogP contribution in [0.2, 0.25) is 0 Å². The fourth-order valence-electron chi connectivity index (χ4n) is 2.24. The van der Waals surface area contributed by atoms with Gasteiger partial charge in [0.2, 0.25) is 0 Å². The third-order valence-corrected chi connectivity index (χ3v) is 4.18. The molecule has 3 nitrogen and oxygen atoms in total. The number of cyclic esters (lactones) is 1. The van der Waals surface area contributed by atoms with Gasteiger partial charge in [0.1, 0.15) is 6.10 Å². The number of hydrogen-bond acceptors (Lipinski definition) is 4. The molecule has 1 aliphatic heterocycles. The largest absolute Gasteiger partial charge is 0.453 e. The summed E-state index contributed by atoms with van der Waals surface area (Å²) in [4.78, 5) is 12.4. The number of carbonyl (C=O) groups is 1. The first-order valence-electron chi connectivity index (χ1n) is 6.52. The van der Waals surface area contributed by atoms with E-state index in [0.717, 1.165) is 6.54 Å². The van der Waals surface area contributed by atoms with Crippen LogP contribution >= 0.6 is 11.3 Å². The van der Waals surface area contributed by atoms with Gasteiger partial charge < -0.3 is 10.1 Å². The first kappa shape index (κ1) is 13.1. The second-order valence-electron chi connectivity index (χ2n) is 4.62. The second kappa shape index (κ2) is 6.03. The van der Waals surface area contributed by atoms with Gasteiger partial charge in [-0.3, -0.25) is 0 Å². The Balaban J connectivity index is 1.73. The molecule has 1 N–H and O–H groups in total. The lowest BCUT2D eigenvalue weighted by atomic mass is 10.1. The Bertz CT molecular complexity index is 592. The Morgan fingerprint density at radius 3 is 2.70 bits per heavy atom. The van der Waals surface area contributed by atoms with E-state index in [2.05, 4.69) is 23.5 Å². The molecular formula is C16H15NO2S. The van der Waals surface area contributed by atoms with Crippen LogP contribution in [0, 0.1) is 0 Å². The molecule has 2 aromatic rings. The monoisotopic (exact) mass is 285 g/mol. The highest BCUT2D eigenvalue weighted by Gasteiger charge is 2.28. The molecule has 0 spiro atoms. The van der Waals surface area contributed by atoms with Crippen molar-refractivity contribution in [1.82, 2.24) is 5.32 Å². The average Bonchev–Trinajstić information content (AvgIpc) is 3.13. The number of hydrogen-bond donors (Lipinski definition) is 1. The van der Waals surface area contributed by atoms with Crippen molar-refractivity contribution < 1.29 is 9.53 Å². The number of esters is 1. The quantitative estimate of drug-likeness (QED) is 0.858. The first-order valence-corrected chi connectivity index (χ1v) is 7.40. The molecule has 0 aliphatic carbocycles. The number of thiophene rings is 1. The van der Waals surface area contributed by atoms with Gasteiger partial charge in [-0.1, -0.05) is 36.4 Å². The Labute approximate surface area is 121 Å². The van der Waals surface area contributed by atoms with Crippen LogP contribution in [0.5, 0.6) is 0 Å². The van der Waals surface area contributed by atoms with Crippen LogP contribution in [0.1, 0.15) is 16.5 Å². The molecule has 102 valence electrons. The van der Waals surface area contributed by atoms with E-state index in [1.54, 1.807) is 11.3 Å². The van der Waals surface area contributed by atoms with E-state index < -0.39 is 0 Å². The van der Waals surface area contributed by atoms with Crippen LogP contribution in [-0.4, -0.2) is 12.1 Å². The molecule has 0 saturated heterocycles. The summed E-state index contributed by atoms with van der Waals surface area (Å²) in [5.41, 5.74) is 1.21. The average molecular weight is 285 g/mol. The third kappa shape index (κ3) is 2.98. The molecule has 0 radical (unpaired) electrons.